The Bertz CT molecular complexity index is 320. The van der Waals surface area contributed by atoms with E-state index in [0.717, 1.165) is 6.61 Å². The minimum Gasteiger partial charge on any atom is -0.418 e. The second-order valence-electron chi connectivity index (χ2n) is 5.62. The third-order valence-electron chi connectivity index (χ3n) is 2.96. The first-order chi connectivity index (χ1) is 7.37. The van der Waals surface area contributed by atoms with E-state index in [1.54, 1.807) is 5.19 Å². The molecule has 0 saturated heterocycles. The number of hydrogen-bond acceptors (Lipinski definition) is 1. The van der Waals surface area contributed by atoms with Gasteiger partial charge in [-0.3, -0.25) is 0 Å². The van der Waals surface area contributed by atoms with Crippen LogP contribution in [-0.4, -0.2) is 23.0 Å². The summed E-state index contributed by atoms with van der Waals surface area (Å²) in [6.07, 6.45) is 0. The fraction of sp³-hybridized carbons (Fsp3) is 0.538. The molecular formula is C13H24OSi2. The summed E-state index contributed by atoms with van der Waals surface area (Å²) in [5.41, 5.74) is 1.30. The standard InChI is InChI=1S/C13H24OSi2/c1-6-14-16(4,5)12-15(2,3)13-10-8-7-9-11-13/h7-11H,6,12H2,1-5H3. The highest BCUT2D eigenvalue weighted by atomic mass is 28.4. The van der Waals surface area contributed by atoms with Crippen LogP contribution in [0.25, 0.3) is 0 Å². The Morgan fingerprint density at radius 3 is 2.06 bits per heavy atom. The molecule has 1 aromatic rings. The van der Waals surface area contributed by atoms with Crippen molar-refractivity contribution in [3.05, 3.63) is 30.3 Å². The Hall–Kier alpha value is -0.386. The molecule has 90 valence electrons. The molecule has 0 unspecified atom stereocenters. The van der Waals surface area contributed by atoms with Gasteiger partial charge in [0.1, 0.15) is 0 Å². The second-order valence-corrected chi connectivity index (χ2v) is 15.2. The van der Waals surface area contributed by atoms with Gasteiger partial charge in [-0.2, -0.15) is 0 Å². The van der Waals surface area contributed by atoms with Crippen LogP contribution in [0.1, 0.15) is 6.92 Å². The van der Waals surface area contributed by atoms with E-state index in [1.807, 2.05) is 0 Å². The van der Waals surface area contributed by atoms with Crippen molar-refractivity contribution in [2.24, 2.45) is 0 Å². The molecule has 16 heavy (non-hydrogen) atoms. The highest BCUT2D eigenvalue weighted by Gasteiger charge is 2.34. The van der Waals surface area contributed by atoms with Crippen LogP contribution in [0.15, 0.2) is 30.3 Å². The summed E-state index contributed by atoms with van der Waals surface area (Å²) < 4.78 is 5.96. The Morgan fingerprint density at radius 2 is 1.56 bits per heavy atom. The highest BCUT2D eigenvalue weighted by Crippen LogP contribution is 2.20. The molecule has 0 spiro atoms. The van der Waals surface area contributed by atoms with E-state index in [4.69, 9.17) is 4.43 Å². The van der Waals surface area contributed by atoms with E-state index in [2.05, 4.69) is 63.4 Å². The van der Waals surface area contributed by atoms with Gasteiger partial charge < -0.3 is 4.43 Å². The van der Waals surface area contributed by atoms with Gasteiger partial charge in [-0.25, -0.2) is 0 Å². The van der Waals surface area contributed by atoms with Crippen molar-refractivity contribution in [1.82, 2.24) is 0 Å². The van der Waals surface area contributed by atoms with Gasteiger partial charge in [-0.15, -0.1) is 0 Å². The van der Waals surface area contributed by atoms with Crippen molar-refractivity contribution in [2.45, 2.75) is 38.8 Å². The molecule has 0 aliphatic rings. The van der Waals surface area contributed by atoms with Gasteiger partial charge in [0.2, 0.25) is 0 Å². The lowest BCUT2D eigenvalue weighted by Gasteiger charge is -2.32. The van der Waals surface area contributed by atoms with Gasteiger partial charge in [0.05, 0.1) is 8.07 Å². The average molecular weight is 253 g/mol. The molecule has 1 aromatic carbocycles. The van der Waals surface area contributed by atoms with Gasteiger partial charge in [0, 0.05) is 6.61 Å². The second kappa shape index (κ2) is 5.30. The zero-order chi connectivity index (χ0) is 12.2. The molecule has 0 aromatic heterocycles. The summed E-state index contributed by atoms with van der Waals surface area (Å²) in [6.45, 7) is 12.6. The van der Waals surface area contributed by atoms with Crippen molar-refractivity contribution < 1.29 is 4.43 Å². The van der Waals surface area contributed by atoms with Gasteiger partial charge in [-0.1, -0.05) is 48.6 Å². The maximum absolute atomic E-state index is 5.96. The van der Waals surface area contributed by atoms with Crippen LogP contribution in [-0.2, 0) is 4.43 Å². The van der Waals surface area contributed by atoms with Crippen LogP contribution in [0, 0.1) is 0 Å². The topological polar surface area (TPSA) is 9.23 Å². The van der Waals surface area contributed by atoms with Crippen LogP contribution in [0.3, 0.4) is 0 Å². The van der Waals surface area contributed by atoms with Crippen LogP contribution in [0.2, 0.25) is 31.9 Å². The predicted molar refractivity (Wildman–Crippen MR) is 77.5 cm³/mol. The maximum Gasteiger partial charge on any atom is 0.184 e. The average Bonchev–Trinajstić information content (AvgIpc) is 2.17. The smallest absolute Gasteiger partial charge is 0.184 e. The van der Waals surface area contributed by atoms with Crippen molar-refractivity contribution in [3.63, 3.8) is 0 Å². The minimum absolute atomic E-state index is 0.860. The molecule has 0 saturated carbocycles. The monoisotopic (exact) mass is 252 g/mol. The quantitative estimate of drug-likeness (QED) is 0.730. The van der Waals surface area contributed by atoms with Gasteiger partial charge in [0.25, 0.3) is 0 Å². The number of rotatable bonds is 5. The number of hydrogen-bond donors (Lipinski definition) is 0. The van der Waals surface area contributed by atoms with Crippen LogP contribution in [0.4, 0.5) is 0 Å². The SMILES string of the molecule is CCO[Si](C)(C)C[Si](C)(C)c1ccccc1. The first-order valence-electron chi connectivity index (χ1n) is 6.07. The molecule has 0 fully saturated rings. The van der Waals surface area contributed by atoms with E-state index in [-0.39, 0.29) is 0 Å². The molecule has 1 nitrogen and oxygen atoms in total. The third kappa shape index (κ3) is 3.88. The first-order valence-corrected chi connectivity index (χ1v) is 12.4. The molecule has 0 amide bonds. The van der Waals surface area contributed by atoms with Crippen molar-refractivity contribution >= 4 is 21.6 Å². The molecule has 0 radical (unpaired) electrons. The van der Waals surface area contributed by atoms with E-state index < -0.39 is 16.4 Å². The summed E-state index contributed by atoms with van der Waals surface area (Å²) in [5, 5.41) is 1.55. The summed E-state index contributed by atoms with van der Waals surface area (Å²) in [6, 6.07) is 11.0. The van der Waals surface area contributed by atoms with Crippen molar-refractivity contribution in [3.8, 4) is 0 Å². The normalized spacial score (nSPS) is 12.8. The Kier molecular flexibility index (Phi) is 4.53. The van der Waals surface area contributed by atoms with Crippen LogP contribution >= 0.6 is 0 Å². The van der Waals surface area contributed by atoms with Crippen LogP contribution in [0.5, 0.6) is 0 Å². The maximum atomic E-state index is 5.96. The first kappa shape index (κ1) is 13.7. The molecule has 0 N–H and O–H groups in total. The Balaban J connectivity index is 2.79. The predicted octanol–water partition coefficient (Wildman–Crippen LogP) is 3.38. The lowest BCUT2D eigenvalue weighted by atomic mass is 10.4. The largest absolute Gasteiger partial charge is 0.418 e. The van der Waals surface area contributed by atoms with Gasteiger partial charge in [-0.05, 0) is 25.7 Å². The van der Waals surface area contributed by atoms with Gasteiger partial charge >= 0.3 is 0 Å². The highest BCUT2D eigenvalue weighted by molar-refractivity contribution is 7.00. The van der Waals surface area contributed by atoms with E-state index >= 15 is 0 Å². The number of benzene rings is 1. The minimum atomic E-state index is -1.46. The van der Waals surface area contributed by atoms with Crippen LogP contribution < -0.4 is 5.19 Å². The molecule has 0 aliphatic heterocycles. The fourth-order valence-electron chi connectivity index (χ4n) is 2.50. The summed E-state index contributed by atoms with van der Waals surface area (Å²) in [7, 11) is -2.78. The molecule has 0 aliphatic carbocycles. The zero-order valence-corrected chi connectivity index (χ0v) is 13.2. The summed E-state index contributed by atoms with van der Waals surface area (Å²) in [4.78, 5) is 0. The van der Waals surface area contributed by atoms with Crippen molar-refractivity contribution in [2.75, 3.05) is 6.61 Å². The molecule has 3 heteroatoms. The van der Waals surface area contributed by atoms with Gasteiger partial charge in [0.15, 0.2) is 8.32 Å². The zero-order valence-electron chi connectivity index (χ0n) is 11.2. The molecule has 0 atom stereocenters. The van der Waals surface area contributed by atoms with E-state index in [9.17, 15) is 0 Å². The molecule has 1 rings (SSSR count). The Morgan fingerprint density at radius 1 is 1.00 bits per heavy atom. The lowest BCUT2D eigenvalue weighted by Crippen LogP contribution is -2.49. The summed E-state index contributed by atoms with van der Waals surface area (Å²) in [5.74, 6) is 0. The molecule has 0 bridgehead atoms. The fourth-order valence-corrected chi connectivity index (χ4v) is 14.1. The van der Waals surface area contributed by atoms with E-state index in [0.29, 0.717) is 0 Å². The lowest BCUT2D eigenvalue weighted by molar-refractivity contribution is 0.332. The molecular weight excluding hydrogens is 228 g/mol. The third-order valence-corrected chi connectivity index (χ3v) is 12.9. The molecule has 0 heterocycles. The Labute approximate surface area is 102 Å². The van der Waals surface area contributed by atoms with Crippen molar-refractivity contribution in [1.29, 1.82) is 0 Å². The van der Waals surface area contributed by atoms with E-state index in [1.165, 1.54) is 5.67 Å². The summed E-state index contributed by atoms with van der Waals surface area (Å²) >= 11 is 0.